The molecule has 0 radical (unpaired) electrons. The normalized spacial score (nSPS) is 16.0. The molecule has 1 aliphatic rings. The topological polar surface area (TPSA) is 82.6 Å². The Morgan fingerprint density at radius 2 is 1.94 bits per heavy atom. The zero-order chi connectivity index (χ0) is 22.4. The highest BCUT2D eigenvalue weighted by molar-refractivity contribution is 7.85. The minimum Gasteiger partial charge on any atom is -0.496 e. The second-order valence-corrected chi connectivity index (χ2v) is 9.69. The molecule has 1 aromatic heterocycles. The Hall–Kier alpha value is -2.35. The van der Waals surface area contributed by atoms with Gasteiger partial charge in [-0.25, -0.2) is 0 Å². The lowest BCUT2D eigenvalue weighted by Gasteiger charge is -2.30. The van der Waals surface area contributed by atoms with Crippen molar-refractivity contribution in [2.45, 2.75) is 31.6 Å². The lowest BCUT2D eigenvalue weighted by atomic mass is 9.82. The van der Waals surface area contributed by atoms with Gasteiger partial charge in [0.1, 0.15) is 5.75 Å². The predicted molar refractivity (Wildman–Crippen MR) is 126 cm³/mol. The zero-order valence-corrected chi connectivity index (χ0v) is 19.3. The number of fused-ring (bicyclic) bond motifs is 2. The first-order valence-electron chi connectivity index (χ1n) is 10.6. The Bertz CT molecular complexity index is 1100. The molecule has 0 saturated heterocycles. The van der Waals surface area contributed by atoms with Crippen molar-refractivity contribution in [3.63, 3.8) is 0 Å². The maximum absolute atomic E-state index is 9.19. The lowest BCUT2D eigenvalue weighted by Crippen LogP contribution is -2.28. The maximum atomic E-state index is 9.19. The molecule has 0 spiro atoms. The van der Waals surface area contributed by atoms with Crippen LogP contribution in [0.15, 0.2) is 48.7 Å². The van der Waals surface area contributed by atoms with E-state index in [4.69, 9.17) is 9.29 Å². The summed E-state index contributed by atoms with van der Waals surface area (Å²) in [7, 11) is 0.371. The van der Waals surface area contributed by atoms with E-state index in [-0.39, 0.29) is 0 Å². The number of aromatic nitrogens is 1. The monoisotopic (exact) mass is 444 g/mol. The molecule has 2 N–H and O–H groups in total. The third-order valence-electron chi connectivity index (χ3n) is 5.78. The summed E-state index contributed by atoms with van der Waals surface area (Å²) in [6.07, 6.45) is 7.64. The lowest BCUT2D eigenvalue weighted by molar-refractivity contribution is 0.299. The van der Waals surface area contributed by atoms with Gasteiger partial charge in [-0.1, -0.05) is 30.3 Å². The van der Waals surface area contributed by atoms with E-state index in [1.54, 1.807) is 7.11 Å². The van der Waals surface area contributed by atoms with Gasteiger partial charge in [0.15, 0.2) is 0 Å². The zero-order valence-electron chi connectivity index (χ0n) is 18.5. The molecular formula is C24H32N2O4S. The fourth-order valence-corrected chi connectivity index (χ4v) is 4.41. The molecule has 31 heavy (non-hydrogen) atoms. The van der Waals surface area contributed by atoms with Crippen molar-refractivity contribution in [1.29, 1.82) is 0 Å². The summed E-state index contributed by atoms with van der Waals surface area (Å²) in [6.45, 7) is 2.19. The number of benzene rings is 2. The average molecular weight is 445 g/mol. The average Bonchev–Trinajstić information content (AvgIpc) is 3.14. The van der Waals surface area contributed by atoms with Crippen LogP contribution in [0, 0.1) is 0 Å². The molecule has 1 aliphatic carbocycles. The van der Waals surface area contributed by atoms with Gasteiger partial charge in [-0.05, 0) is 67.5 Å². The summed E-state index contributed by atoms with van der Waals surface area (Å²) in [5.41, 5.74) is 5.57. The van der Waals surface area contributed by atoms with Crippen LogP contribution in [0.4, 0.5) is 0 Å². The summed E-state index contributed by atoms with van der Waals surface area (Å²) in [5, 5.41) is 1.36. The molecule has 4 rings (SSSR count). The fraction of sp³-hybridized carbons (Fsp3) is 0.417. The van der Waals surface area contributed by atoms with Crippen LogP contribution in [-0.4, -0.2) is 56.4 Å². The van der Waals surface area contributed by atoms with E-state index >= 15 is 0 Å². The Morgan fingerprint density at radius 1 is 1.19 bits per heavy atom. The second kappa shape index (κ2) is 10.3. The summed E-state index contributed by atoms with van der Waals surface area (Å²) in [6, 6.07) is 15.1. The Morgan fingerprint density at radius 3 is 2.68 bits per heavy atom. The van der Waals surface area contributed by atoms with Gasteiger partial charge < -0.3 is 14.6 Å². The predicted octanol–water partition coefficient (Wildman–Crippen LogP) is 4.27. The number of H-pyrrole nitrogens is 1. The minimum absolute atomic E-state index is 0.613. The number of aromatic amines is 1. The van der Waals surface area contributed by atoms with Crippen molar-refractivity contribution in [1.82, 2.24) is 9.88 Å². The minimum atomic E-state index is -3.67. The van der Waals surface area contributed by atoms with Crippen LogP contribution in [0.5, 0.6) is 5.75 Å². The number of hydrogen-bond acceptors (Lipinski definition) is 4. The van der Waals surface area contributed by atoms with Crippen molar-refractivity contribution in [2.24, 2.45) is 0 Å². The highest BCUT2D eigenvalue weighted by atomic mass is 32.2. The summed E-state index contributed by atoms with van der Waals surface area (Å²) >= 11 is 0. The molecule has 0 saturated carbocycles. The van der Waals surface area contributed by atoms with Gasteiger partial charge in [0, 0.05) is 30.2 Å². The van der Waals surface area contributed by atoms with E-state index < -0.39 is 10.1 Å². The van der Waals surface area contributed by atoms with Crippen molar-refractivity contribution in [3.8, 4) is 5.75 Å². The van der Waals surface area contributed by atoms with Gasteiger partial charge in [0.25, 0.3) is 10.1 Å². The van der Waals surface area contributed by atoms with E-state index in [0.29, 0.717) is 12.2 Å². The first-order valence-corrected chi connectivity index (χ1v) is 12.4. The molecule has 6 nitrogen and oxygen atoms in total. The highest BCUT2D eigenvalue weighted by Gasteiger charge is 2.23. The third kappa shape index (κ3) is 6.56. The van der Waals surface area contributed by atoms with Crippen molar-refractivity contribution in [2.75, 3.05) is 33.5 Å². The molecule has 0 fully saturated rings. The standard InChI is InChI=1S/C23H28N2O.CH4O3S/c1-25(14-13-17-15-24-22-11-4-3-8-20(17)22)16-18-7-5-10-21-19(18)9-6-12-23(21)26-2;1-5(2,3)4/h3-4,6,8-9,11-12,15,18,24H,5,7,10,13-14,16H2,1-2H3;1H3,(H,2,3,4)/t18-;/m0./s1. The van der Waals surface area contributed by atoms with Gasteiger partial charge >= 0.3 is 0 Å². The largest absolute Gasteiger partial charge is 0.496 e. The molecule has 168 valence electrons. The first-order chi connectivity index (χ1) is 14.8. The van der Waals surface area contributed by atoms with E-state index in [0.717, 1.165) is 31.7 Å². The van der Waals surface area contributed by atoms with Crippen LogP contribution < -0.4 is 4.74 Å². The van der Waals surface area contributed by atoms with Gasteiger partial charge in [0.05, 0.1) is 13.4 Å². The van der Waals surface area contributed by atoms with E-state index in [2.05, 4.69) is 65.6 Å². The maximum Gasteiger partial charge on any atom is 0.261 e. The molecule has 7 heteroatoms. The van der Waals surface area contributed by atoms with Gasteiger partial charge in [-0.2, -0.15) is 8.42 Å². The number of para-hydroxylation sites is 1. The summed E-state index contributed by atoms with van der Waals surface area (Å²) in [5.74, 6) is 1.68. The number of nitrogens with zero attached hydrogens (tertiary/aromatic N) is 1. The third-order valence-corrected chi connectivity index (χ3v) is 5.78. The Kier molecular flexibility index (Phi) is 7.75. The number of methoxy groups -OCH3 is 1. The number of hydrogen-bond donors (Lipinski definition) is 2. The molecule has 0 unspecified atom stereocenters. The quantitative estimate of drug-likeness (QED) is 0.555. The van der Waals surface area contributed by atoms with Crippen LogP contribution in [0.1, 0.15) is 35.4 Å². The number of nitrogens with one attached hydrogen (secondary N) is 1. The van der Waals surface area contributed by atoms with Crippen LogP contribution >= 0.6 is 0 Å². The molecule has 3 aromatic rings. The van der Waals surface area contributed by atoms with Crippen molar-refractivity contribution >= 4 is 21.0 Å². The van der Waals surface area contributed by atoms with Crippen LogP contribution in [0.3, 0.4) is 0 Å². The van der Waals surface area contributed by atoms with E-state index in [1.807, 2.05) is 0 Å². The molecule has 0 aliphatic heterocycles. The second-order valence-electron chi connectivity index (χ2n) is 8.22. The van der Waals surface area contributed by atoms with Crippen LogP contribution in [-0.2, 0) is 23.0 Å². The van der Waals surface area contributed by atoms with E-state index in [1.165, 1.54) is 40.4 Å². The summed E-state index contributed by atoms with van der Waals surface area (Å²) in [4.78, 5) is 5.87. The fourth-order valence-electron chi connectivity index (χ4n) is 4.41. The SMILES string of the molecule is COc1cccc2c1CCC[C@H]2CN(C)CCc1c[nH]c2ccccc12.CS(=O)(=O)O. The smallest absolute Gasteiger partial charge is 0.261 e. The van der Waals surface area contributed by atoms with Crippen LogP contribution in [0.2, 0.25) is 0 Å². The number of likely N-dealkylation sites (N-methyl/N-ethyl adjacent to an activating group) is 1. The number of ether oxygens (including phenoxy) is 1. The van der Waals surface area contributed by atoms with Crippen molar-refractivity contribution in [3.05, 3.63) is 65.4 Å². The van der Waals surface area contributed by atoms with Crippen molar-refractivity contribution < 1.29 is 17.7 Å². The first kappa shape index (κ1) is 23.3. The molecule has 0 bridgehead atoms. The summed E-state index contributed by atoms with van der Waals surface area (Å²) < 4.78 is 31.5. The van der Waals surface area contributed by atoms with Gasteiger partial charge in [0.2, 0.25) is 0 Å². The molecule has 0 amide bonds. The van der Waals surface area contributed by atoms with Crippen LogP contribution in [0.25, 0.3) is 10.9 Å². The molecular weight excluding hydrogens is 412 g/mol. The van der Waals surface area contributed by atoms with E-state index in [9.17, 15) is 8.42 Å². The number of rotatable bonds is 6. The molecule has 1 heterocycles. The molecule has 2 aromatic carbocycles. The van der Waals surface area contributed by atoms with Gasteiger partial charge in [-0.3, -0.25) is 4.55 Å². The highest BCUT2D eigenvalue weighted by Crippen LogP contribution is 2.36. The van der Waals surface area contributed by atoms with Gasteiger partial charge in [-0.15, -0.1) is 0 Å². The Labute approximate surface area is 185 Å². The Balaban J connectivity index is 0.000000491. The molecule has 1 atom stereocenters.